The summed E-state index contributed by atoms with van der Waals surface area (Å²) in [5, 5.41) is 18.0. The number of nitrogens with one attached hydrogen (secondary N) is 3. The zero-order chi connectivity index (χ0) is 48.5. The molecule has 0 aliphatic carbocycles. The number of Topliss-reactive ketones (excluding diaryl/α,β-unsaturated/α-hetero) is 3. The predicted octanol–water partition coefficient (Wildman–Crippen LogP) is 0.0163. The molecule has 0 saturated heterocycles. The molecular formula is C44H72N10O10. The molecule has 16 N–H and O–H groups in total. The summed E-state index contributed by atoms with van der Waals surface area (Å²) in [6.45, 7) is 7.25. The van der Waals surface area contributed by atoms with Crippen molar-refractivity contribution in [1.29, 1.82) is 0 Å². The van der Waals surface area contributed by atoms with Crippen LogP contribution in [0.4, 0.5) is 0 Å². The van der Waals surface area contributed by atoms with Gasteiger partial charge < -0.3 is 55.5 Å². The summed E-state index contributed by atoms with van der Waals surface area (Å²) in [5.74, 6) is -9.07. The van der Waals surface area contributed by atoms with E-state index in [1.807, 2.05) is 13.8 Å². The highest BCUT2D eigenvalue weighted by Crippen LogP contribution is 2.22. The minimum absolute atomic E-state index is 0.0259. The first-order valence-corrected chi connectivity index (χ1v) is 21.9. The number of carbonyl (C=O) groups is 9. The third-order valence-corrected chi connectivity index (χ3v) is 10.8. The number of phenolic OH excluding ortho intramolecular Hbond substituents is 1. The second kappa shape index (κ2) is 29.4. The molecule has 358 valence electrons. The summed E-state index contributed by atoms with van der Waals surface area (Å²) < 4.78 is 0. The first kappa shape index (κ1) is 56.1. The van der Waals surface area contributed by atoms with Gasteiger partial charge in [-0.1, -0.05) is 39.3 Å². The van der Waals surface area contributed by atoms with Gasteiger partial charge in [0, 0.05) is 62.3 Å². The van der Waals surface area contributed by atoms with Crippen molar-refractivity contribution < 1.29 is 48.3 Å². The van der Waals surface area contributed by atoms with E-state index in [4.69, 9.17) is 34.4 Å². The van der Waals surface area contributed by atoms with Gasteiger partial charge in [-0.15, -0.1) is 0 Å². The molecule has 20 nitrogen and oxygen atoms in total. The molecular weight excluding hydrogens is 829 g/mol. The smallest absolute Gasteiger partial charge is 0.224 e. The number of ketones is 3. The van der Waals surface area contributed by atoms with Crippen LogP contribution >= 0.6 is 0 Å². The maximum absolute atomic E-state index is 14.3. The standard InChI is InChI=1S/C44H72N10O10/c1-25(2)20-30(40(48)61)23-35(56)27(4)52-42(63)29(8-5-6-18-45)22-36(57)33(9-7-19-51-44(49)50)54-43(64)31(21-28-11-13-32(55)14-12-28)24-37(58)34(15-17-39(47)60)53-41(62)26(3)10-16-38(46)59/h11-14,25-27,29-31,33-34,55H,5-10,15-24,45H2,1-4H3,(H2,46,59)(H2,47,60)(H2,48,61)(H,52,63)(H,53,62)(H,54,64)(H4,49,50,51)/t26-,27-,29+,30+,31+,33-,34-/m0/s1. The average Bonchev–Trinajstić information content (AvgIpc) is 3.21. The number of carbonyl (C=O) groups excluding carboxylic acids is 9. The van der Waals surface area contributed by atoms with Gasteiger partial charge in [0.25, 0.3) is 0 Å². The number of hydrogen-bond donors (Lipinski definition) is 10. The lowest BCUT2D eigenvalue weighted by Crippen LogP contribution is -2.48. The van der Waals surface area contributed by atoms with Gasteiger partial charge in [-0.05, 0) is 88.4 Å². The fourth-order valence-corrected chi connectivity index (χ4v) is 7.02. The highest BCUT2D eigenvalue weighted by molar-refractivity contribution is 5.97. The highest BCUT2D eigenvalue weighted by atomic mass is 16.3. The molecule has 0 radical (unpaired) electrons. The van der Waals surface area contributed by atoms with Crippen molar-refractivity contribution in [2.75, 3.05) is 13.1 Å². The van der Waals surface area contributed by atoms with E-state index in [9.17, 15) is 48.3 Å². The summed E-state index contributed by atoms with van der Waals surface area (Å²) in [4.78, 5) is 122. The zero-order valence-electron chi connectivity index (χ0n) is 37.8. The van der Waals surface area contributed by atoms with Gasteiger partial charge in [0.05, 0.1) is 18.1 Å². The number of nitrogens with two attached hydrogens (primary N) is 6. The first-order chi connectivity index (χ1) is 30.0. The molecule has 1 aromatic rings. The number of aromatic hydroxyl groups is 1. The largest absolute Gasteiger partial charge is 0.508 e. The van der Waals surface area contributed by atoms with Crippen LogP contribution in [0.15, 0.2) is 29.3 Å². The fraction of sp³-hybridized carbons (Fsp3) is 0.636. The molecule has 0 heterocycles. The van der Waals surface area contributed by atoms with Crippen molar-refractivity contribution in [2.45, 2.75) is 136 Å². The maximum Gasteiger partial charge on any atom is 0.224 e. The summed E-state index contributed by atoms with van der Waals surface area (Å²) >= 11 is 0. The van der Waals surface area contributed by atoms with E-state index >= 15 is 0 Å². The Morgan fingerprint density at radius 1 is 0.609 bits per heavy atom. The Labute approximate surface area is 375 Å². The number of unbranched alkanes of at least 4 members (excludes halogenated alkanes) is 1. The number of nitrogens with zero attached hydrogens (tertiary/aromatic N) is 1. The summed E-state index contributed by atoms with van der Waals surface area (Å²) in [5.41, 5.74) is 33.4. The maximum atomic E-state index is 14.3. The molecule has 0 bridgehead atoms. The Morgan fingerprint density at radius 2 is 1.14 bits per heavy atom. The number of benzene rings is 1. The third kappa shape index (κ3) is 23.0. The molecule has 0 aromatic heterocycles. The van der Waals surface area contributed by atoms with Crippen LogP contribution in [0.2, 0.25) is 0 Å². The number of guanidine groups is 1. The van der Waals surface area contributed by atoms with Crippen molar-refractivity contribution in [3.05, 3.63) is 29.8 Å². The Kier molecular flexibility index (Phi) is 25.8. The minimum Gasteiger partial charge on any atom is -0.508 e. The Balaban J connectivity index is 3.52. The van der Waals surface area contributed by atoms with Crippen molar-refractivity contribution in [3.8, 4) is 5.75 Å². The third-order valence-electron chi connectivity index (χ3n) is 10.8. The van der Waals surface area contributed by atoms with Gasteiger partial charge in [-0.3, -0.25) is 48.1 Å². The van der Waals surface area contributed by atoms with Gasteiger partial charge >= 0.3 is 0 Å². The molecule has 7 atom stereocenters. The van der Waals surface area contributed by atoms with E-state index in [0.29, 0.717) is 31.4 Å². The summed E-state index contributed by atoms with van der Waals surface area (Å²) in [6.07, 6.45) is 0.409. The van der Waals surface area contributed by atoms with Crippen LogP contribution in [-0.2, 0) is 49.6 Å². The van der Waals surface area contributed by atoms with Crippen LogP contribution in [-0.4, -0.2) is 95.1 Å². The summed E-state index contributed by atoms with van der Waals surface area (Å²) in [6, 6.07) is 2.46. The van der Waals surface area contributed by atoms with Gasteiger partial charge in [0.2, 0.25) is 35.4 Å². The summed E-state index contributed by atoms with van der Waals surface area (Å²) in [7, 11) is 0. The molecule has 1 rings (SSSR count). The monoisotopic (exact) mass is 901 g/mol. The fourth-order valence-electron chi connectivity index (χ4n) is 7.02. The lowest BCUT2D eigenvalue weighted by atomic mass is 9.88. The van der Waals surface area contributed by atoms with E-state index in [1.165, 1.54) is 19.1 Å². The normalized spacial score (nSPS) is 14.4. The van der Waals surface area contributed by atoms with Crippen LogP contribution in [0.25, 0.3) is 0 Å². The molecule has 0 unspecified atom stereocenters. The second-order valence-corrected chi connectivity index (χ2v) is 17.0. The van der Waals surface area contributed by atoms with Gasteiger partial charge in [0.1, 0.15) is 5.75 Å². The molecule has 1 aromatic carbocycles. The quantitative estimate of drug-likeness (QED) is 0.0248. The Hall–Kier alpha value is -5.92. The van der Waals surface area contributed by atoms with Crippen LogP contribution in [0.1, 0.15) is 117 Å². The first-order valence-electron chi connectivity index (χ1n) is 21.9. The molecule has 0 fully saturated rings. The minimum atomic E-state index is -1.25. The van der Waals surface area contributed by atoms with E-state index in [-0.39, 0.29) is 88.4 Å². The topological polar surface area (TPSA) is 378 Å². The molecule has 64 heavy (non-hydrogen) atoms. The molecule has 0 spiro atoms. The number of amides is 6. The molecule has 6 amide bonds. The van der Waals surface area contributed by atoms with Crippen molar-refractivity contribution in [1.82, 2.24) is 16.0 Å². The number of phenols is 1. The molecule has 0 saturated carbocycles. The number of rotatable bonds is 34. The van der Waals surface area contributed by atoms with Gasteiger partial charge in [-0.2, -0.15) is 0 Å². The number of hydrogen-bond acceptors (Lipinski definition) is 12. The Morgan fingerprint density at radius 3 is 1.69 bits per heavy atom. The second-order valence-electron chi connectivity index (χ2n) is 17.0. The average molecular weight is 901 g/mol. The number of aliphatic imine (C=N–C) groups is 1. The van der Waals surface area contributed by atoms with Crippen LogP contribution < -0.4 is 50.4 Å². The van der Waals surface area contributed by atoms with Crippen LogP contribution in [0.5, 0.6) is 5.75 Å². The lowest BCUT2D eigenvalue weighted by Gasteiger charge is -2.26. The van der Waals surface area contributed by atoms with Gasteiger partial charge in [0.15, 0.2) is 23.3 Å². The number of primary amides is 3. The van der Waals surface area contributed by atoms with Crippen molar-refractivity contribution in [2.24, 2.45) is 69.0 Å². The Bertz CT molecular complexity index is 1770. The van der Waals surface area contributed by atoms with Gasteiger partial charge in [-0.25, -0.2) is 0 Å². The van der Waals surface area contributed by atoms with Crippen molar-refractivity contribution >= 4 is 58.8 Å². The van der Waals surface area contributed by atoms with E-state index < -0.39 is 101 Å². The highest BCUT2D eigenvalue weighted by Gasteiger charge is 2.34. The van der Waals surface area contributed by atoms with E-state index in [1.54, 1.807) is 19.1 Å². The van der Waals surface area contributed by atoms with Crippen molar-refractivity contribution in [3.63, 3.8) is 0 Å². The molecule has 20 heteroatoms. The van der Waals surface area contributed by atoms with E-state index in [0.717, 1.165) is 0 Å². The molecule has 0 aliphatic rings. The lowest BCUT2D eigenvalue weighted by molar-refractivity contribution is -0.135. The zero-order valence-corrected chi connectivity index (χ0v) is 37.8. The predicted molar refractivity (Wildman–Crippen MR) is 240 cm³/mol. The molecule has 0 aliphatic heterocycles. The van der Waals surface area contributed by atoms with Crippen LogP contribution in [0, 0.1) is 29.6 Å². The SMILES string of the molecule is CC(C)C[C@H](CC(=O)[C@H](C)NC(=O)[C@H](CCCCN)CC(=O)[C@H](CCCN=C(N)N)NC(=O)[C@@H](CC(=O)[C@H](CCC(N)=O)NC(=O)[C@@H](C)CCC(N)=O)Cc1ccc(O)cc1)C(N)=O. The van der Waals surface area contributed by atoms with Crippen LogP contribution in [0.3, 0.4) is 0 Å². The van der Waals surface area contributed by atoms with E-state index in [2.05, 4.69) is 20.9 Å².